The van der Waals surface area contributed by atoms with E-state index in [1.165, 1.54) is 6.07 Å². The molecule has 1 aromatic carbocycles. The fraction of sp³-hybridized carbons (Fsp3) is 0.417. The van der Waals surface area contributed by atoms with Crippen LogP contribution in [0.25, 0.3) is 0 Å². The molecule has 0 amide bonds. The first kappa shape index (κ1) is 15.0. The number of sulfone groups is 1. The molecule has 2 unspecified atom stereocenters. The zero-order valence-corrected chi connectivity index (χ0v) is 14.0. The molecule has 0 saturated heterocycles. The third kappa shape index (κ3) is 2.15. The Morgan fingerprint density at radius 1 is 1.47 bits per heavy atom. The molecular formula is C12H12Br2O4S. The summed E-state index contributed by atoms with van der Waals surface area (Å²) in [6.45, 7) is 1.81. The summed E-state index contributed by atoms with van der Waals surface area (Å²) < 4.78 is 24.7. The maximum Gasteiger partial charge on any atom is 0.325 e. The monoisotopic (exact) mass is 410 g/mol. The van der Waals surface area contributed by atoms with E-state index < -0.39 is 20.6 Å². The lowest BCUT2D eigenvalue weighted by Crippen LogP contribution is -2.35. The van der Waals surface area contributed by atoms with E-state index in [9.17, 15) is 18.3 Å². The average molecular weight is 412 g/mol. The van der Waals surface area contributed by atoms with Crippen LogP contribution in [0.3, 0.4) is 0 Å². The van der Waals surface area contributed by atoms with Crippen molar-refractivity contribution in [2.24, 2.45) is 5.92 Å². The van der Waals surface area contributed by atoms with Gasteiger partial charge in [-0.25, -0.2) is 8.42 Å². The fourth-order valence-electron chi connectivity index (χ4n) is 2.37. The highest BCUT2D eigenvalue weighted by atomic mass is 79.9. The summed E-state index contributed by atoms with van der Waals surface area (Å²) in [6.07, 6.45) is 0.720. The van der Waals surface area contributed by atoms with Crippen LogP contribution >= 0.6 is 31.9 Å². The van der Waals surface area contributed by atoms with Gasteiger partial charge in [0.2, 0.25) is 0 Å². The van der Waals surface area contributed by atoms with E-state index in [-0.39, 0.29) is 17.2 Å². The zero-order valence-electron chi connectivity index (χ0n) is 10.1. The maximum atomic E-state index is 12.7. The van der Waals surface area contributed by atoms with Gasteiger partial charge in [0.15, 0.2) is 14.6 Å². The van der Waals surface area contributed by atoms with Gasteiger partial charge in [0.05, 0.1) is 4.90 Å². The molecule has 1 aromatic rings. The lowest BCUT2D eigenvalue weighted by Gasteiger charge is -2.15. The minimum atomic E-state index is -3.92. The predicted molar refractivity (Wildman–Crippen MR) is 77.8 cm³/mol. The van der Waals surface area contributed by atoms with Gasteiger partial charge in [-0.15, -0.1) is 0 Å². The van der Waals surface area contributed by atoms with Crippen LogP contribution in [0.4, 0.5) is 0 Å². The van der Waals surface area contributed by atoms with E-state index in [0.29, 0.717) is 15.4 Å². The fourth-order valence-corrected chi connectivity index (χ4v) is 6.02. The summed E-state index contributed by atoms with van der Waals surface area (Å²) >= 11 is 6.40. The van der Waals surface area contributed by atoms with Gasteiger partial charge >= 0.3 is 5.97 Å². The van der Waals surface area contributed by atoms with Gasteiger partial charge in [-0.05, 0) is 46.5 Å². The van der Waals surface area contributed by atoms with E-state index in [2.05, 4.69) is 31.9 Å². The van der Waals surface area contributed by atoms with Crippen LogP contribution in [-0.4, -0.2) is 24.2 Å². The number of rotatable bonds is 4. The quantitative estimate of drug-likeness (QED) is 0.825. The molecule has 0 aromatic heterocycles. The number of carbonyl (C=O) groups is 1. The van der Waals surface area contributed by atoms with Crippen LogP contribution in [0.5, 0.6) is 0 Å². The van der Waals surface area contributed by atoms with Crippen molar-refractivity contribution in [3.8, 4) is 0 Å². The summed E-state index contributed by atoms with van der Waals surface area (Å²) in [5, 5.41) is 9.36. The number of benzene rings is 1. The predicted octanol–water partition coefficient (Wildman–Crippen LogP) is 3.24. The first-order valence-corrected chi connectivity index (χ1v) is 8.77. The lowest BCUT2D eigenvalue weighted by molar-refractivity contribution is -0.137. The molecule has 4 nitrogen and oxygen atoms in total. The molecule has 104 valence electrons. The van der Waals surface area contributed by atoms with Crippen molar-refractivity contribution in [2.75, 3.05) is 0 Å². The topological polar surface area (TPSA) is 71.4 Å². The Kier molecular flexibility index (Phi) is 3.83. The van der Waals surface area contributed by atoms with Crippen molar-refractivity contribution >= 4 is 47.7 Å². The Hall–Kier alpha value is -0.400. The summed E-state index contributed by atoms with van der Waals surface area (Å²) in [4.78, 5) is 11.5. The van der Waals surface area contributed by atoms with Crippen molar-refractivity contribution in [1.82, 2.24) is 0 Å². The maximum absolute atomic E-state index is 12.7. The molecule has 2 atom stereocenters. The normalized spacial score (nSPS) is 26.2. The second kappa shape index (κ2) is 4.86. The van der Waals surface area contributed by atoms with Gasteiger partial charge in [-0.3, -0.25) is 4.79 Å². The Morgan fingerprint density at radius 2 is 2.11 bits per heavy atom. The number of aliphatic carboxylic acids is 1. The molecule has 2 rings (SSSR count). The van der Waals surface area contributed by atoms with Gasteiger partial charge in [-0.2, -0.15) is 0 Å². The third-order valence-electron chi connectivity index (χ3n) is 3.57. The minimum absolute atomic E-state index is 0.0280. The number of carboxylic acid groups (broad SMARTS) is 1. The Bertz CT molecular complexity index is 641. The van der Waals surface area contributed by atoms with Gasteiger partial charge in [0.1, 0.15) is 0 Å². The summed E-state index contributed by atoms with van der Waals surface area (Å²) in [5.74, 6) is -1.58. The molecule has 1 aliphatic rings. The number of carboxylic acids is 1. The summed E-state index contributed by atoms with van der Waals surface area (Å²) in [5.41, 5.74) is 0. The van der Waals surface area contributed by atoms with Crippen LogP contribution in [0.2, 0.25) is 0 Å². The first-order valence-electron chi connectivity index (χ1n) is 5.70. The molecule has 0 radical (unpaired) electrons. The van der Waals surface area contributed by atoms with Gasteiger partial charge < -0.3 is 5.11 Å². The number of hydrogen-bond donors (Lipinski definition) is 1. The van der Waals surface area contributed by atoms with Crippen LogP contribution < -0.4 is 0 Å². The van der Waals surface area contributed by atoms with Gasteiger partial charge in [-0.1, -0.05) is 29.3 Å². The van der Waals surface area contributed by atoms with E-state index in [1.807, 2.05) is 0 Å². The molecule has 0 bridgehead atoms. The van der Waals surface area contributed by atoms with Crippen molar-refractivity contribution in [3.63, 3.8) is 0 Å². The van der Waals surface area contributed by atoms with E-state index in [1.54, 1.807) is 19.1 Å². The molecule has 1 N–H and O–H groups in total. The van der Waals surface area contributed by atoms with E-state index >= 15 is 0 Å². The highest BCUT2D eigenvalue weighted by Gasteiger charge is 2.69. The molecule has 1 saturated carbocycles. The molecule has 19 heavy (non-hydrogen) atoms. The summed E-state index contributed by atoms with van der Waals surface area (Å²) in [7, 11) is -3.92. The molecule has 0 aliphatic heterocycles. The largest absolute Gasteiger partial charge is 0.480 e. The molecule has 0 spiro atoms. The molecule has 7 heteroatoms. The Balaban J connectivity index is 2.60. The van der Waals surface area contributed by atoms with Crippen molar-refractivity contribution in [3.05, 3.63) is 27.1 Å². The van der Waals surface area contributed by atoms with E-state index in [4.69, 9.17) is 0 Å². The van der Waals surface area contributed by atoms with Crippen molar-refractivity contribution in [2.45, 2.75) is 29.4 Å². The zero-order chi connectivity index (χ0) is 14.4. The SMILES string of the molecule is CCC1CC1(C(=O)O)S(=O)(=O)c1cc(Br)ccc1Br. The second-order valence-corrected chi connectivity index (χ2v) is 8.53. The number of hydrogen-bond acceptors (Lipinski definition) is 3. The van der Waals surface area contributed by atoms with Crippen LogP contribution in [0, 0.1) is 5.92 Å². The summed E-state index contributed by atoms with van der Waals surface area (Å²) in [6, 6.07) is 4.73. The highest BCUT2D eigenvalue weighted by molar-refractivity contribution is 9.11. The Labute approximate surface area is 128 Å². The minimum Gasteiger partial charge on any atom is -0.480 e. The lowest BCUT2D eigenvalue weighted by atomic mass is 10.2. The molecule has 0 heterocycles. The van der Waals surface area contributed by atoms with Crippen molar-refractivity contribution < 1.29 is 18.3 Å². The molecular weight excluding hydrogens is 400 g/mol. The smallest absolute Gasteiger partial charge is 0.325 e. The molecule has 1 aliphatic carbocycles. The highest BCUT2D eigenvalue weighted by Crippen LogP contribution is 2.55. The van der Waals surface area contributed by atoms with Crippen LogP contribution in [-0.2, 0) is 14.6 Å². The average Bonchev–Trinajstić information content (AvgIpc) is 3.08. The van der Waals surface area contributed by atoms with E-state index in [0.717, 1.165) is 0 Å². The van der Waals surface area contributed by atoms with Gasteiger partial charge in [0.25, 0.3) is 0 Å². The van der Waals surface area contributed by atoms with Crippen LogP contribution in [0.15, 0.2) is 32.0 Å². The standard InChI is InChI=1S/C12H12Br2O4S/c1-2-7-6-12(7,11(15)16)19(17,18)10-5-8(13)3-4-9(10)14/h3-5,7H,2,6H2,1H3,(H,15,16). The van der Waals surface area contributed by atoms with Gasteiger partial charge in [0, 0.05) is 8.95 Å². The van der Waals surface area contributed by atoms with Crippen molar-refractivity contribution in [1.29, 1.82) is 0 Å². The molecule has 1 fully saturated rings. The first-order chi connectivity index (χ1) is 8.77. The second-order valence-electron chi connectivity index (χ2n) is 4.58. The Morgan fingerprint density at radius 3 is 2.58 bits per heavy atom. The number of halogens is 2. The van der Waals surface area contributed by atoms with Crippen LogP contribution in [0.1, 0.15) is 19.8 Å². The third-order valence-corrected chi connectivity index (χ3v) is 7.56.